The lowest BCUT2D eigenvalue weighted by molar-refractivity contribution is 0.0696. The van der Waals surface area contributed by atoms with Crippen LogP contribution in [0, 0.1) is 5.82 Å². The van der Waals surface area contributed by atoms with Crippen molar-refractivity contribution in [1.29, 1.82) is 0 Å². The summed E-state index contributed by atoms with van der Waals surface area (Å²) in [6.45, 7) is -0.0859. The largest absolute Gasteiger partial charge is 0.478 e. The zero-order chi connectivity index (χ0) is 15.5. The molecule has 0 aliphatic heterocycles. The molecule has 0 spiro atoms. The zero-order valence-corrected chi connectivity index (χ0v) is 11.6. The highest BCUT2D eigenvalue weighted by Gasteiger charge is 2.15. The van der Waals surface area contributed by atoms with E-state index in [1.807, 2.05) is 0 Å². The molecule has 110 valence electrons. The number of rotatable bonds is 5. The van der Waals surface area contributed by atoms with E-state index in [0.717, 1.165) is 6.07 Å². The van der Waals surface area contributed by atoms with E-state index in [2.05, 4.69) is 4.72 Å². The molecule has 0 atom stereocenters. The van der Waals surface area contributed by atoms with Gasteiger partial charge in [0.1, 0.15) is 5.82 Å². The second-order valence-electron chi connectivity index (χ2n) is 4.29. The highest BCUT2D eigenvalue weighted by molar-refractivity contribution is 7.89. The first-order valence-corrected chi connectivity index (χ1v) is 7.44. The lowest BCUT2D eigenvalue weighted by atomic mass is 10.2. The number of nitrogens with one attached hydrogen (secondary N) is 1. The van der Waals surface area contributed by atoms with Crippen LogP contribution in [0.1, 0.15) is 15.9 Å². The molecule has 0 saturated carbocycles. The third-order valence-electron chi connectivity index (χ3n) is 2.75. The van der Waals surface area contributed by atoms with Crippen molar-refractivity contribution in [3.8, 4) is 0 Å². The van der Waals surface area contributed by atoms with E-state index in [-0.39, 0.29) is 17.0 Å². The molecule has 21 heavy (non-hydrogen) atoms. The van der Waals surface area contributed by atoms with E-state index in [1.54, 1.807) is 6.07 Å². The van der Waals surface area contributed by atoms with E-state index in [1.165, 1.54) is 36.4 Å². The number of carboxylic acid groups (broad SMARTS) is 1. The number of hydrogen-bond donors (Lipinski definition) is 2. The van der Waals surface area contributed by atoms with Crippen LogP contribution < -0.4 is 4.72 Å². The fourth-order valence-electron chi connectivity index (χ4n) is 1.70. The van der Waals surface area contributed by atoms with Crippen LogP contribution in [0.25, 0.3) is 0 Å². The molecular weight excluding hydrogens is 297 g/mol. The molecule has 2 aromatic carbocycles. The number of hydrogen-bond acceptors (Lipinski definition) is 3. The molecule has 0 unspecified atom stereocenters. The number of carbonyl (C=O) groups is 1. The molecule has 0 aromatic heterocycles. The number of carboxylic acids is 1. The Morgan fingerprint density at radius 1 is 1.14 bits per heavy atom. The lowest BCUT2D eigenvalue weighted by Crippen LogP contribution is -2.23. The maximum Gasteiger partial charge on any atom is 0.335 e. The first-order valence-electron chi connectivity index (χ1n) is 5.96. The van der Waals surface area contributed by atoms with Crippen LogP contribution in [0.15, 0.2) is 53.4 Å². The maximum absolute atomic E-state index is 13.0. The highest BCUT2D eigenvalue weighted by atomic mass is 32.2. The van der Waals surface area contributed by atoms with Gasteiger partial charge in [0.2, 0.25) is 10.0 Å². The van der Waals surface area contributed by atoms with Crippen LogP contribution in [0.2, 0.25) is 0 Å². The second kappa shape index (κ2) is 6.02. The molecule has 0 saturated heterocycles. The summed E-state index contributed by atoms with van der Waals surface area (Å²) >= 11 is 0. The highest BCUT2D eigenvalue weighted by Crippen LogP contribution is 2.12. The van der Waals surface area contributed by atoms with Crippen LogP contribution in [0.4, 0.5) is 4.39 Å². The normalized spacial score (nSPS) is 11.3. The van der Waals surface area contributed by atoms with E-state index in [4.69, 9.17) is 5.11 Å². The van der Waals surface area contributed by atoms with Gasteiger partial charge < -0.3 is 5.11 Å². The minimum absolute atomic E-state index is 0.0859. The summed E-state index contributed by atoms with van der Waals surface area (Å²) in [5, 5.41) is 8.86. The zero-order valence-electron chi connectivity index (χ0n) is 10.8. The molecule has 2 aromatic rings. The van der Waals surface area contributed by atoms with Gasteiger partial charge in [-0.1, -0.05) is 18.2 Å². The second-order valence-corrected chi connectivity index (χ2v) is 6.05. The molecule has 0 radical (unpaired) electrons. The third kappa shape index (κ3) is 3.87. The Labute approximate surface area is 121 Å². The van der Waals surface area contributed by atoms with Gasteiger partial charge in [-0.15, -0.1) is 0 Å². The van der Waals surface area contributed by atoms with Crippen molar-refractivity contribution >= 4 is 16.0 Å². The summed E-state index contributed by atoms with van der Waals surface area (Å²) in [6.07, 6.45) is 0. The van der Waals surface area contributed by atoms with Gasteiger partial charge >= 0.3 is 5.97 Å². The van der Waals surface area contributed by atoms with E-state index in [9.17, 15) is 17.6 Å². The monoisotopic (exact) mass is 309 g/mol. The Kier molecular flexibility index (Phi) is 4.35. The predicted octanol–water partition coefficient (Wildman–Crippen LogP) is 2.00. The minimum Gasteiger partial charge on any atom is -0.478 e. The van der Waals surface area contributed by atoms with Crippen LogP contribution in [-0.4, -0.2) is 19.5 Å². The van der Waals surface area contributed by atoms with E-state index < -0.39 is 21.8 Å². The fraction of sp³-hybridized carbons (Fsp3) is 0.0714. The topological polar surface area (TPSA) is 83.5 Å². The number of aromatic carboxylic acids is 1. The molecule has 2 N–H and O–H groups in total. The van der Waals surface area contributed by atoms with E-state index >= 15 is 0 Å². The molecule has 2 rings (SSSR count). The summed E-state index contributed by atoms with van der Waals surface area (Å²) < 4.78 is 39.4. The summed E-state index contributed by atoms with van der Waals surface area (Å²) in [6, 6.07) is 10.5. The molecule has 0 amide bonds. The van der Waals surface area contributed by atoms with Gasteiger partial charge in [0, 0.05) is 6.54 Å². The van der Waals surface area contributed by atoms with Crippen LogP contribution in [0.5, 0.6) is 0 Å². The SMILES string of the molecule is O=C(O)c1cccc(S(=O)(=O)NCc2cccc(F)c2)c1. The number of benzene rings is 2. The molecular formula is C14H12FNO4S. The minimum atomic E-state index is -3.86. The molecule has 0 bridgehead atoms. The van der Waals surface area contributed by atoms with Gasteiger partial charge in [0.25, 0.3) is 0 Å². The Balaban J connectivity index is 2.19. The molecule has 7 heteroatoms. The van der Waals surface area contributed by atoms with Crippen molar-refractivity contribution in [2.24, 2.45) is 0 Å². The smallest absolute Gasteiger partial charge is 0.335 e. The summed E-state index contributed by atoms with van der Waals surface area (Å²) in [5.41, 5.74) is 0.344. The van der Waals surface area contributed by atoms with Crippen molar-refractivity contribution in [3.63, 3.8) is 0 Å². The van der Waals surface area contributed by atoms with Gasteiger partial charge in [-0.3, -0.25) is 0 Å². The van der Waals surface area contributed by atoms with Crippen molar-refractivity contribution < 1.29 is 22.7 Å². The predicted molar refractivity (Wildman–Crippen MR) is 73.8 cm³/mol. The van der Waals surface area contributed by atoms with Crippen LogP contribution in [0.3, 0.4) is 0 Å². The van der Waals surface area contributed by atoms with E-state index in [0.29, 0.717) is 5.56 Å². The standard InChI is InChI=1S/C14H12FNO4S/c15-12-5-1-3-10(7-12)9-16-21(19,20)13-6-2-4-11(8-13)14(17)18/h1-8,16H,9H2,(H,17,18). The van der Waals surface area contributed by atoms with Crippen molar-refractivity contribution in [2.45, 2.75) is 11.4 Å². The first kappa shape index (κ1) is 15.1. The van der Waals surface area contributed by atoms with Gasteiger partial charge in [-0.2, -0.15) is 0 Å². The van der Waals surface area contributed by atoms with Crippen LogP contribution in [-0.2, 0) is 16.6 Å². The Bertz CT molecular complexity index is 774. The number of sulfonamides is 1. The first-order chi connectivity index (χ1) is 9.88. The Morgan fingerprint density at radius 3 is 2.52 bits per heavy atom. The molecule has 5 nitrogen and oxygen atoms in total. The average molecular weight is 309 g/mol. The maximum atomic E-state index is 13.0. The third-order valence-corrected chi connectivity index (χ3v) is 4.15. The summed E-state index contributed by atoms with van der Waals surface area (Å²) in [4.78, 5) is 10.7. The molecule has 0 fully saturated rings. The van der Waals surface area contributed by atoms with Crippen molar-refractivity contribution in [2.75, 3.05) is 0 Å². The fourth-order valence-corrected chi connectivity index (χ4v) is 2.77. The van der Waals surface area contributed by atoms with Crippen molar-refractivity contribution in [3.05, 3.63) is 65.5 Å². The van der Waals surface area contributed by atoms with Crippen LogP contribution >= 0.6 is 0 Å². The van der Waals surface area contributed by atoms with Gasteiger partial charge in [0.05, 0.1) is 10.5 Å². The van der Waals surface area contributed by atoms with Gasteiger partial charge in [-0.25, -0.2) is 22.3 Å². The Hall–Kier alpha value is -2.25. The molecule has 0 heterocycles. The Morgan fingerprint density at radius 2 is 1.86 bits per heavy atom. The quantitative estimate of drug-likeness (QED) is 0.885. The van der Waals surface area contributed by atoms with Gasteiger partial charge in [-0.05, 0) is 35.9 Å². The average Bonchev–Trinajstić information content (AvgIpc) is 2.45. The molecule has 0 aliphatic carbocycles. The number of halogens is 1. The summed E-state index contributed by atoms with van der Waals surface area (Å²) in [5.74, 6) is -1.67. The lowest BCUT2D eigenvalue weighted by Gasteiger charge is -2.07. The molecule has 0 aliphatic rings. The summed E-state index contributed by atoms with van der Waals surface area (Å²) in [7, 11) is -3.86. The van der Waals surface area contributed by atoms with Gasteiger partial charge in [0.15, 0.2) is 0 Å². The van der Waals surface area contributed by atoms with Crippen molar-refractivity contribution in [1.82, 2.24) is 4.72 Å².